The minimum absolute atomic E-state index is 0.138. The highest BCUT2D eigenvalue weighted by atomic mass is 16.5. The van der Waals surface area contributed by atoms with Gasteiger partial charge in [-0.3, -0.25) is 0 Å². The summed E-state index contributed by atoms with van der Waals surface area (Å²) >= 11 is 0. The van der Waals surface area contributed by atoms with Crippen molar-refractivity contribution < 1.29 is 19.7 Å². The fourth-order valence-corrected chi connectivity index (χ4v) is 1.38. The predicted octanol–water partition coefficient (Wildman–Crippen LogP) is 0.540. The summed E-state index contributed by atoms with van der Waals surface area (Å²) in [6.07, 6.45) is 0.324. The lowest BCUT2D eigenvalue weighted by atomic mass is 10.0. The lowest BCUT2D eigenvalue weighted by Crippen LogP contribution is -2.45. The first-order chi connectivity index (χ1) is 8.37. The molecule has 0 aromatic carbocycles. The number of aliphatic hydroxyl groups is 2. The van der Waals surface area contributed by atoms with E-state index in [9.17, 15) is 5.11 Å². The van der Waals surface area contributed by atoms with Gasteiger partial charge in [0, 0.05) is 18.7 Å². The Hall–Kier alpha value is -0.200. The van der Waals surface area contributed by atoms with E-state index in [0.29, 0.717) is 32.8 Å². The summed E-state index contributed by atoms with van der Waals surface area (Å²) in [5.41, 5.74) is -0.170. The molecule has 0 radical (unpaired) electrons. The average Bonchev–Trinajstić information content (AvgIpc) is 2.25. The first kappa shape index (κ1) is 17.8. The van der Waals surface area contributed by atoms with Crippen LogP contribution in [0.15, 0.2) is 0 Å². The van der Waals surface area contributed by atoms with Gasteiger partial charge < -0.3 is 25.0 Å². The Balaban J connectivity index is 3.50. The summed E-state index contributed by atoms with van der Waals surface area (Å²) in [5.74, 6) is 0. The molecule has 0 saturated heterocycles. The number of β-amino-alcohol motifs (C(OH)–C–C–N with tert-alkyl or cyclic N) is 1. The average molecular weight is 263 g/mol. The van der Waals surface area contributed by atoms with Gasteiger partial charge in [-0.2, -0.15) is 0 Å². The standard InChI is InChI=1S/C13H29NO4/c1-11(2)18-8-7-17-10-12(16)9-14-13(3,4)5-6-15/h11-12,14-16H,5-10H2,1-4H3. The Bertz CT molecular complexity index is 197. The van der Waals surface area contributed by atoms with Gasteiger partial charge in [-0.1, -0.05) is 0 Å². The second kappa shape index (κ2) is 9.69. The molecule has 0 aliphatic rings. The SMILES string of the molecule is CC(C)OCCOCC(O)CNC(C)(C)CCO. The van der Waals surface area contributed by atoms with Crippen LogP contribution in [0, 0.1) is 0 Å². The van der Waals surface area contributed by atoms with Crippen LogP contribution < -0.4 is 5.32 Å². The smallest absolute Gasteiger partial charge is 0.0897 e. The van der Waals surface area contributed by atoms with Crippen molar-refractivity contribution in [1.29, 1.82) is 0 Å². The molecular weight excluding hydrogens is 234 g/mol. The molecule has 0 bridgehead atoms. The van der Waals surface area contributed by atoms with E-state index in [1.54, 1.807) is 0 Å². The molecule has 3 N–H and O–H groups in total. The topological polar surface area (TPSA) is 71.0 Å². The number of hydrogen-bond acceptors (Lipinski definition) is 5. The maximum absolute atomic E-state index is 9.70. The molecule has 1 unspecified atom stereocenters. The van der Waals surface area contributed by atoms with Gasteiger partial charge in [0.25, 0.3) is 0 Å². The number of aliphatic hydroxyl groups excluding tert-OH is 2. The second-order valence-electron chi connectivity index (χ2n) is 5.39. The van der Waals surface area contributed by atoms with Crippen LogP contribution in [0.1, 0.15) is 34.1 Å². The molecule has 0 spiro atoms. The van der Waals surface area contributed by atoms with E-state index < -0.39 is 6.10 Å². The van der Waals surface area contributed by atoms with Crippen LogP contribution in [0.4, 0.5) is 0 Å². The Labute approximate surface area is 110 Å². The van der Waals surface area contributed by atoms with Crippen LogP contribution in [0.2, 0.25) is 0 Å². The highest BCUT2D eigenvalue weighted by Crippen LogP contribution is 2.06. The number of nitrogens with one attached hydrogen (secondary N) is 1. The van der Waals surface area contributed by atoms with Gasteiger partial charge in [0.1, 0.15) is 0 Å². The Morgan fingerprint density at radius 2 is 1.89 bits per heavy atom. The van der Waals surface area contributed by atoms with Gasteiger partial charge in [0.2, 0.25) is 0 Å². The van der Waals surface area contributed by atoms with Gasteiger partial charge >= 0.3 is 0 Å². The van der Waals surface area contributed by atoms with Crippen molar-refractivity contribution in [2.75, 3.05) is 33.0 Å². The maximum atomic E-state index is 9.70. The van der Waals surface area contributed by atoms with Gasteiger partial charge in [0.05, 0.1) is 32.0 Å². The molecule has 1 atom stereocenters. The van der Waals surface area contributed by atoms with E-state index in [-0.39, 0.29) is 18.2 Å². The van der Waals surface area contributed by atoms with Crippen LogP contribution in [0.3, 0.4) is 0 Å². The molecule has 0 rings (SSSR count). The first-order valence-corrected chi connectivity index (χ1v) is 6.60. The van der Waals surface area contributed by atoms with Gasteiger partial charge in [-0.15, -0.1) is 0 Å². The molecule has 0 fully saturated rings. The summed E-state index contributed by atoms with van der Waals surface area (Å²) in [6, 6.07) is 0. The number of ether oxygens (including phenoxy) is 2. The molecule has 18 heavy (non-hydrogen) atoms. The number of hydrogen-bond donors (Lipinski definition) is 3. The summed E-state index contributed by atoms with van der Waals surface area (Å²) in [6.45, 7) is 9.87. The van der Waals surface area contributed by atoms with Crippen LogP contribution in [0.5, 0.6) is 0 Å². The van der Waals surface area contributed by atoms with E-state index in [2.05, 4.69) is 5.32 Å². The largest absolute Gasteiger partial charge is 0.396 e. The predicted molar refractivity (Wildman–Crippen MR) is 71.7 cm³/mol. The van der Waals surface area contributed by atoms with Crippen LogP contribution in [-0.2, 0) is 9.47 Å². The summed E-state index contributed by atoms with van der Waals surface area (Å²) < 4.78 is 10.6. The molecule has 0 aliphatic heterocycles. The third kappa shape index (κ3) is 10.9. The lowest BCUT2D eigenvalue weighted by Gasteiger charge is -2.27. The van der Waals surface area contributed by atoms with Crippen LogP contribution in [-0.4, -0.2) is 60.9 Å². The zero-order chi connectivity index (χ0) is 14.0. The van der Waals surface area contributed by atoms with E-state index in [1.807, 2.05) is 27.7 Å². The maximum Gasteiger partial charge on any atom is 0.0897 e. The molecule has 0 saturated carbocycles. The monoisotopic (exact) mass is 263 g/mol. The molecule has 5 heteroatoms. The van der Waals surface area contributed by atoms with Crippen molar-refractivity contribution in [3.8, 4) is 0 Å². The molecule has 0 heterocycles. The first-order valence-electron chi connectivity index (χ1n) is 6.60. The highest BCUT2D eigenvalue weighted by Gasteiger charge is 2.17. The van der Waals surface area contributed by atoms with Crippen LogP contribution >= 0.6 is 0 Å². The molecule has 0 aromatic rings. The Kier molecular flexibility index (Phi) is 9.59. The fraction of sp³-hybridized carbons (Fsp3) is 1.00. The minimum Gasteiger partial charge on any atom is -0.396 e. The van der Waals surface area contributed by atoms with Crippen molar-refractivity contribution in [2.45, 2.75) is 51.9 Å². The molecule has 0 aliphatic carbocycles. The third-order valence-electron chi connectivity index (χ3n) is 2.54. The van der Waals surface area contributed by atoms with E-state index in [0.717, 1.165) is 0 Å². The minimum atomic E-state index is -0.540. The van der Waals surface area contributed by atoms with Crippen molar-refractivity contribution in [2.24, 2.45) is 0 Å². The normalized spacial score (nSPS) is 14.2. The van der Waals surface area contributed by atoms with Crippen molar-refractivity contribution in [3.05, 3.63) is 0 Å². The summed E-state index contributed by atoms with van der Waals surface area (Å²) in [4.78, 5) is 0. The Morgan fingerprint density at radius 3 is 2.44 bits per heavy atom. The summed E-state index contributed by atoms with van der Waals surface area (Å²) in [5, 5.41) is 21.8. The molecule has 0 aromatic heterocycles. The summed E-state index contributed by atoms with van der Waals surface area (Å²) in [7, 11) is 0. The number of rotatable bonds is 11. The van der Waals surface area contributed by atoms with Crippen molar-refractivity contribution >= 4 is 0 Å². The van der Waals surface area contributed by atoms with Gasteiger partial charge in [-0.25, -0.2) is 0 Å². The lowest BCUT2D eigenvalue weighted by molar-refractivity contribution is -0.0115. The molecule has 110 valence electrons. The van der Waals surface area contributed by atoms with Gasteiger partial charge in [0.15, 0.2) is 0 Å². The molecule has 5 nitrogen and oxygen atoms in total. The van der Waals surface area contributed by atoms with Crippen LogP contribution in [0.25, 0.3) is 0 Å². The van der Waals surface area contributed by atoms with E-state index in [1.165, 1.54) is 0 Å². The molecule has 0 amide bonds. The van der Waals surface area contributed by atoms with E-state index in [4.69, 9.17) is 14.6 Å². The quantitative estimate of drug-likeness (QED) is 0.475. The van der Waals surface area contributed by atoms with Crippen molar-refractivity contribution in [1.82, 2.24) is 5.32 Å². The molecular formula is C13H29NO4. The van der Waals surface area contributed by atoms with E-state index >= 15 is 0 Å². The third-order valence-corrected chi connectivity index (χ3v) is 2.54. The highest BCUT2D eigenvalue weighted by molar-refractivity contribution is 4.78. The fourth-order valence-electron chi connectivity index (χ4n) is 1.38. The van der Waals surface area contributed by atoms with Crippen molar-refractivity contribution in [3.63, 3.8) is 0 Å². The Morgan fingerprint density at radius 1 is 1.22 bits per heavy atom. The second-order valence-corrected chi connectivity index (χ2v) is 5.39. The zero-order valence-electron chi connectivity index (χ0n) is 12.1. The zero-order valence-corrected chi connectivity index (χ0v) is 12.1. The van der Waals surface area contributed by atoms with Gasteiger partial charge in [-0.05, 0) is 34.1 Å².